The van der Waals surface area contributed by atoms with Crippen molar-refractivity contribution >= 4 is 12.2 Å². The van der Waals surface area contributed by atoms with Crippen LogP contribution in [0.1, 0.15) is 19.6 Å². The first kappa shape index (κ1) is 11.3. The van der Waals surface area contributed by atoms with Crippen molar-refractivity contribution in [3.63, 3.8) is 0 Å². The van der Waals surface area contributed by atoms with Gasteiger partial charge in [0, 0.05) is 6.92 Å². The van der Waals surface area contributed by atoms with Crippen molar-refractivity contribution in [1.29, 1.82) is 0 Å². The van der Waals surface area contributed by atoms with Gasteiger partial charge in [0.05, 0.1) is 12.9 Å². The van der Waals surface area contributed by atoms with Crippen molar-refractivity contribution in [2.75, 3.05) is 6.61 Å². The second-order valence-corrected chi connectivity index (χ2v) is 2.93. The Morgan fingerprint density at radius 1 is 1.80 bits per heavy atom. The molecule has 1 rings (SSSR count). The molecule has 0 radical (unpaired) electrons. The summed E-state index contributed by atoms with van der Waals surface area (Å²) in [5.74, 6) is -0.142. The summed E-state index contributed by atoms with van der Waals surface area (Å²) in [5, 5.41) is 11.4. The van der Waals surface area contributed by atoms with E-state index in [1.807, 2.05) is 0 Å². The predicted molar refractivity (Wildman–Crippen MR) is 53.6 cm³/mol. The molecule has 1 heterocycles. The fraction of sp³-hybridized carbons (Fsp3) is 0.400. The van der Waals surface area contributed by atoms with Crippen LogP contribution in [0.5, 0.6) is 0 Å². The molecule has 0 saturated carbocycles. The van der Waals surface area contributed by atoms with Crippen LogP contribution in [0.3, 0.4) is 0 Å². The van der Waals surface area contributed by atoms with Gasteiger partial charge in [-0.15, -0.1) is 0 Å². The van der Waals surface area contributed by atoms with Gasteiger partial charge in [-0.3, -0.25) is 0 Å². The van der Waals surface area contributed by atoms with E-state index in [1.54, 1.807) is 19.1 Å². The highest BCUT2D eigenvalue weighted by Gasteiger charge is 2.21. The highest BCUT2D eigenvalue weighted by atomic mass is 16.5. The van der Waals surface area contributed by atoms with E-state index >= 15 is 0 Å². The smallest absolute Gasteiger partial charge is 0.376 e. The zero-order valence-electron chi connectivity index (χ0n) is 8.67. The van der Waals surface area contributed by atoms with Crippen LogP contribution in [0.2, 0.25) is 0 Å². The molecule has 0 amide bonds. The van der Waals surface area contributed by atoms with Gasteiger partial charge in [-0.25, -0.2) is 4.79 Å². The maximum absolute atomic E-state index is 11.4. The van der Waals surface area contributed by atoms with Gasteiger partial charge in [-0.05, 0) is 19.1 Å². The quantitative estimate of drug-likeness (QED) is 0.246. The number of ether oxygens (including phenoxy) is 1. The molecule has 1 unspecified atom stereocenters. The van der Waals surface area contributed by atoms with Gasteiger partial charge in [0.15, 0.2) is 5.76 Å². The minimum absolute atomic E-state index is 0.262. The van der Waals surface area contributed by atoms with Gasteiger partial charge >= 0.3 is 5.97 Å². The minimum Gasteiger partial charge on any atom is -0.623 e. The monoisotopic (exact) mass is 211 g/mol. The number of hydrogen-bond donors (Lipinski definition) is 0. The zero-order valence-corrected chi connectivity index (χ0v) is 8.67. The van der Waals surface area contributed by atoms with E-state index < -0.39 is 12.0 Å². The SMILES string of the molecule is CCOC(=O)C(C)/[N+]([O-])=C/c1ccco1. The average Bonchev–Trinajstić information content (AvgIpc) is 2.69. The molecule has 0 aliphatic rings. The number of carbonyl (C=O) groups excluding carboxylic acids is 1. The number of rotatable bonds is 4. The van der Waals surface area contributed by atoms with E-state index in [-0.39, 0.29) is 6.61 Å². The van der Waals surface area contributed by atoms with Crippen LogP contribution in [0.4, 0.5) is 0 Å². The third-order valence-corrected chi connectivity index (χ3v) is 1.81. The van der Waals surface area contributed by atoms with Gasteiger partial charge in [0.2, 0.25) is 6.21 Å². The largest absolute Gasteiger partial charge is 0.623 e. The lowest BCUT2D eigenvalue weighted by molar-refractivity contribution is -0.480. The van der Waals surface area contributed by atoms with E-state index in [1.165, 1.54) is 19.4 Å². The lowest BCUT2D eigenvalue weighted by atomic mass is 10.3. The van der Waals surface area contributed by atoms with Crippen molar-refractivity contribution in [3.05, 3.63) is 29.4 Å². The summed E-state index contributed by atoms with van der Waals surface area (Å²) in [6, 6.07) is 2.42. The van der Waals surface area contributed by atoms with E-state index in [2.05, 4.69) is 0 Å². The third kappa shape index (κ3) is 3.12. The Morgan fingerprint density at radius 3 is 3.07 bits per heavy atom. The van der Waals surface area contributed by atoms with E-state index in [0.29, 0.717) is 10.5 Å². The normalized spacial score (nSPS) is 13.6. The van der Waals surface area contributed by atoms with E-state index in [0.717, 1.165) is 0 Å². The molecule has 0 bridgehead atoms. The second-order valence-electron chi connectivity index (χ2n) is 2.93. The van der Waals surface area contributed by atoms with Crippen molar-refractivity contribution in [2.45, 2.75) is 19.9 Å². The molecule has 5 heteroatoms. The van der Waals surface area contributed by atoms with Crippen molar-refractivity contribution in [3.8, 4) is 0 Å². The molecule has 0 N–H and O–H groups in total. The Labute approximate surface area is 87.5 Å². The molecule has 5 nitrogen and oxygen atoms in total. The van der Waals surface area contributed by atoms with Gasteiger partial charge in [0.1, 0.15) is 0 Å². The minimum atomic E-state index is -0.866. The summed E-state index contributed by atoms with van der Waals surface area (Å²) >= 11 is 0. The van der Waals surface area contributed by atoms with Crippen LogP contribution in [0.25, 0.3) is 0 Å². The van der Waals surface area contributed by atoms with Crippen LogP contribution < -0.4 is 0 Å². The molecule has 0 aliphatic heterocycles. The number of hydrogen-bond acceptors (Lipinski definition) is 4. The van der Waals surface area contributed by atoms with E-state index in [9.17, 15) is 10.0 Å². The van der Waals surface area contributed by atoms with E-state index in [4.69, 9.17) is 9.15 Å². The third-order valence-electron chi connectivity index (χ3n) is 1.81. The fourth-order valence-electron chi connectivity index (χ4n) is 0.969. The molecule has 1 atom stereocenters. The molecule has 1 aromatic rings. The van der Waals surface area contributed by atoms with Crippen LogP contribution in [0, 0.1) is 5.21 Å². The molecule has 15 heavy (non-hydrogen) atoms. The summed E-state index contributed by atoms with van der Waals surface area (Å²) in [6.07, 6.45) is 2.66. The van der Waals surface area contributed by atoms with Crippen LogP contribution in [-0.4, -0.2) is 29.6 Å². The van der Waals surface area contributed by atoms with Crippen LogP contribution in [-0.2, 0) is 9.53 Å². The summed E-state index contributed by atoms with van der Waals surface area (Å²) in [7, 11) is 0. The summed E-state index contributed by atoms with van der Waals surface area (Å²) < 4.78 is 10.2. The maximum Gasteiger partial charge on any atom is 0.376 e. The molecular formula is C10H13NO4. The van der Waals surface area contributed by atoms with Crippen molar-refractivity contribution in [2.24, 2.45) is 0 Å². The highest BCUT2D eigenvalue weighted by molar-refractivity contribution is 5.76. The number of hydroxylamine groups is 1. The van der Waals surface area contributed by atoms with Gasteiger partial charge in [0.25, 0.3) is 6.04 Å². The Hall–Kier alpha value is -1.78. The number of nitrogens with zero attached hydrogens (tertiary/aromatic N) is 1. The maximum atomic E-state index is 11.4. The number of carbonyl (C=O) groups is 1. The molecule has 0 spiro atoms. The second kappa shape index (κ2) is 5.19. The first-order valence-electron chi connectivity index (χ1n) is 4.65. The van der Waals surface area contributed by atoms with Gasteiger partial charge in [-0.2, -0.15) is 4.74 Å². The molecule has 1 aromatic heterocycles. The van der Waals surface area contributed by atoms with Crippen molar-refractivity contribution < 1.29 is 18.7 Å². The fourth-order valence-corrected chi connectivity index (χ4v) is 0.969. The lowest BCUT2D eigenvalue weighted by Gasteiger charge is -2.10. The average molecular weight is 211 g/mol. The Morgan fingerprint density at radius 2 is 2.53 bits per heavy atom. The number of esters is 1. The first-order valence-corrected chi connectivity index (χ1v) is 4.65. The topological polar surface area (TPSA) is 65.5 Å². The molecular weight excluding hydrogens is 198 g/mol. The molecule has 0 aromatic carbocycles. The van der Waals surface area contributed by atoms with Crippen molar-refractivity contribution in [1.82, 2.24) is 0 Å². The first-order chi connectivity index (χ1) is 7.15. The predicted octanol–water partition coefficient (Wildman–Crippen LogP) is 1.16. The van der Waals surface area contributed by atoms with Gasteiger partial charge < -0.3 is 14.4 Å². The van der Waals surface area contributed by atoms with Crippen LogP contribution >= 0.6 is 0 Å². The molecule has 0 fully saturated rings. The Kier molecular flexibility index (Phi) is 3.91. The standard InChI is InChI=1S/C10H13NO4/c1-3-14-10(12)8(2)11(13)7-9-5-4-6-15-9/h4-8H,3H2,1-2H3/b11-7-. The number of furan rings is 1. The summed E-state index contributed by atoms with van der Waals surface area (Å²) in [5.41, 5.74) is 0. The zero-order chi connectivity index (χ0) is 11.3. The summed E-state index contributed by atoms with van der Waals surface area (Å²) in [6.45, 7) is 3.43. The molecule has 0 aliphatic carbocycles. The lowest BCUT2D eigenvalue weighted by Crippen LogP contribution is -2.30. The Bertz CT molecular complexity index is 342. The Balaban J connectivity index is 2.67. The summed E-state index contributed by atoms with van der Waals surface area (Å²) in [4.78, 5) is 11.2. The molecule has 82 valence electrons. The van der Waals surface area contributed by atoms with Gasteiger partial charge in [-0.1, -0.05) is 0 Å². The highest BCUT2D eigenvalue weighted by Crippen LogP contribution is 1.98. The van der Waals surface area contributed by atoms with Crippen LogP contribution in [0.15, 0.2) is 22.8 Å². The molecule has 0 saturated heterocycles.